The first-order chi connectivity index (χ1) is 10.5. The molecule has 0 atom stereocenters. The van der Waals surface area contributed by atoms with Gasteiger partial charge >= 0.3 is 5.69 Å². The molecule has 22 heavy (non-hydrogen) atoms. The molecule has 0 unspecified atom stereocenters. The van der Waals surface area contributed by atoms with Crippen LogP contribution in [0.2, 0.25) is 0 Å². The van der Waals surface area contributed by atoms with Gasteiger partial charge in [0.25, 0.3) is 0 Å². The van der Waals surface area contributed by atoms with Crippen molar-refractivity contribution in [2.24, 2.45) is 0 Å². The molecule has 0 amide bonds. The maximum Gasteiger partial charge on any atom is 0.312 e. The Morgan fingerprint density at radius 3 is 2.64 bits per heavy atom. The number of aryl methyl sites for hydroxylation is 1. The zero-order chi connectivity index (χ0) is 16.3. The van der Waals surface area contributed by atoms with Crippen molar-refractivity contribution in [3.63, 3.8) is 0 Å². The highest BCUT2D eigenvalue weighted by atomic mass is 16.6. The lowest BCUT2D eigenvalue weighted by Crippen LogP contribution is -2.09. The smallest absolute Gasteiger partial charge is 0.312 e. The quantitative estimate of drug-likeness (QED) is 0.461. The van der Waals surface area contributed by atoms with Crippen LogP contribution in [0.4, 0.5) is 5.69 Å². The number of aromatic nitrogens is 2. The number of carbonyl (C=O) groups excluding carboxylic acids is 1. The fourth-order valence-electron chi connectivity index (χ4n) is 2.08. The van der Waals surface area contributed by atoms with E-state index in [1.807, 2.05) is 0 Å². The molecule has 0 spiro atoms. The van der Waals surface area contributed by atoms with E-state index in [0.717, 1.165) is 0 Å². The van der Waals surface area contributed by atoms with E-state index in [2.05, 4.69) is 5.10 Å². The van der Waals surface area contributed by atoms with Gasteiger partial charge in [-0.2, -0.15) is 5.10 Å². The monoisotopic (exact) mass is 305 g/mol. The van der Waals surface area contributed by atoms with E-state index in [1.165, 1.54) is 11.8 Å². The molecule has 1 heterocycles. The van der Waals surface area contributed by atoms with Crippen LogP contribution in [-0.4, -0.2) is 28.1 Å². The van der Waals surface area contributed by atoms with Crippen LogP contribution in [0.5, 0.6) is 11.5 Å². The van der Waals surface area contributed by atoms with Gasteiger partial charge in [-0.3, -0.25) is 14.9 Å². The van der Waals surface area contributed by atoms with Crippen LogP contribution >= 0.6 is 0 Å². The van der Waals surface area contributed by atoms with Crippen molar-refractivity contribution >= 4 is 12.0 Å². The van der Waals surface area contributed by atoms with Gasteiger partial charge in [-0.15, -0.1) is 0 Å². The minimum atomic E-state index is -0.465. The molecule has 2 rings (SSSR count). The normalized spacial score (nSPS) is 10.3. The number of hydrogen-bond donors (Lipinski definition) is 0. The molecule has 1 aromatic carbocycles. The second kappa shape index (κ2) is 6.25. The summed E-state index contributed by atoms with van der Waals surface area (Å²) in [6.07, 6.45) is 0.705. The average molecular weight is 305 g/mol. The van der Waals surface area contributed by atoms with Gasteiger partial charge < -0.3 is 9.47 Å². The molecule has 0 aliphatic carbocycles. The Kier molecular flexibility index (Phi) is 4.40. The van der Waals surface area contributed by atoms with Crippen LogP contribution in [0.25, 0.3) is 0 Å². The lowest BCUT2D eigenvalue weighted by atomic mass is 10.2. The van der Waals surface area contributed by atoms with Gasteiger partial charge in [-0.1, -0.05) is 0 Å². The summed E-state index contributed by atoms with van der Waals surface area (Å²) < 4.78 is 12.1. The second-order valence-electron chi connectivity index (χ2n) is 4.58. The van der Waals surface area contributed by atoms with Gasteiger partial charge in [-0.05, 0) is 32.0 Å². The van der Waals surface area contributed by atoms with Crippen LogP contribution < -0.4 is 9.47 Å². The van der Waals surface area contributed by atoms with Gasteiger partial charge in [0.2, 0.25) is 0 Å². The fourth-order valence-corrected chi connectivity index (χ4v) is 2.08. The van der Waals surface area contributed by atoms with Crippen molar-refractivity contribution in [1.29, 1.82) is 0 Å². The number of ether oxygens (including phenoxy) is 2. The highest BCUT2D eigenvalue weighted by Crippen LogP contribution is 2.28. The maximum atomic E-state index is 11.0. The molecule has 0 N–H and O–H groups in total. The predicted molar refractivity (Wildman–Crippen MR) is 77.4 cm³/mol. The summed E-state index contributed by atoms with van der Waals surface area (Å²) in [6, 6.07) is 4.74. The minimum absolute atomic E-state index is 0.00267. The van der Waals surface area contributed by atoms with E-state index >= 15 is 0 Å². The van der Waals surface area contributed by atoms with Gasteiger partial charge in [-0.25, -0.2) is 4.68 Å². The van der Waals surface area contributed by atoms with Crippen molar-refractivity contribution in [2.45, 2.75) is 20.6 Å². The largest absolute Gasteiger partial charge is 0.493 e. The number of nitro groups is 1. The Hall–Kier alpha value is -2.90. The molecule has 116 valence electrons. The van der Waals surface area contributed by atoms with E-state index in [-0.39, 0.29) is 12.4 Å². The zero-order valence-electron chi connectivity index (χ0n) is 12.4. The highest BCUT2D eigenvalue weighted by Gasteiger charge is 2.22. The molecule has 0 saturated heterocycles. The van der Waals surface area contributed by atoms with Crippen molar-refractivity contribution in [3.8, 4) is 11.5 Å². The third kappa shape index (κ3) is 2.90. The second-order valence-corrected chi connectivity index (χ2v) is 4.58. The van der Waals surface area contributed by atoms with E-state index in [0.29, 0.717) is 34.7 Å². The number of hydrogen-bond acceptors (Lipinski definition) is 6. The summed E-state index contributed by atoms with van der Waals surface area (Å²) in [7, 11) is 1.46. The SMILES string of the molecule is COc1cc(C=O)ccc1OCn1nc(C)c([N+](=O)[O-])c1C. The highest BCUT2D eigenvalue weighted by molar-refractivity contribution is 5.76. The van der Waals surface area contributed by atoms with Gasteiger partial charge in [0.1, 0.15) is 17.7 Å². The predicted octanol–water partition coefficient (Wildman–Crippen LogP) is 2.27. The number of methoxy groups -OCH3 is 1. The Labute approximate surface area is 126 Å². The molecule has 0 aliphatic heterocycles. The number of benzene rings is 1. The van der Waals surface area contributed by atoms with Crippen LogP contribution in [0.15, 0.2) is 18.2 Å². The van der Waals surface area contributed by atoms with Crippen molar-refractivity contribution in [3.05, 3.63) is 45.3 Å². The molecule has 2 aromatic rings. The Balaban J connectivity index is 2.22. The summed E-state index contributed by atoms with van der Waals surface area (Å²) >= 11 is 0. The Morgan fingerprint density at radius 2 is 2.09 bits per heavy atom. The van der Waals surface area contributed by atoms with Gasteiger partial charge in [0.15, 0.2) is 18.2 Å². The topological polar surface area (TPSA) is 96.5 Å². The van der Waals surface area contributed by atoms with Crippen LogP contribution in [-0.2, 0) is 6.73 Å². The van der Waals surface area contributed by atoms with Gasteiger partial charge in [0, 0.05) is 5.56 Å². The molecule has 0 bridgehead atoms. The summed E-state index contributed by atoms with van der Waals surface area (Å²) in [4.78, 5) is 21.2. The van der Waals surface area contributed by atoms with E-state index in [1.54, 1.807) is 32.0 Å². The molecular formula is C14H15N3O5. The third-order valence-corrected chi connectivity index (χ3v) is 3.19. The van der Waals surface area contributed by atoms with Crippen LogP contribution in [0, 0.1) is 24.0 Å². The van der Waals surface area contributed by atoms with E-state index in [4.69, 9.17) is 9.47 Å². The molecular weight excluding hydrogens is 290 g/mol. The molecule has 1 aromatic heterocycles. The average Bonchev–Trinajstić information content (AvgIpc) is 2.79. The number of aldehydes is 1. The van der Waals surface area contributed by atoms with Crippen molar-refractivity contribution < 1.29 is 19.2 Å². The lowest BCUT2D eigenvalue weighted by Gasteiger charge is -2.11. The lowest BCUT2D eigenvalue weighted by molar-refractivity contribution is -0.386. The summed E-state index contributed by atoms with van der Waals surface area (Å²) in [5, 5.41) is 15.0. The summed E-state index contributed by atoms with van der Waals surface area (Å²) in [5.74, 6) is 0.823. The first-order valence-electron chi connectivity index (χ1n) is 6.42. The fraction of sp³-hybridized carbons (Fsp3) is 0.286. The molecule has 0 radical (unpaired) electrons. The van der Waals surface area contributed by atoms with Crippen LogP contribution in [0.1, 0.15) is 21.7 Å². The molecule has 8 heteroatoms. The number of rotatable bonds is 6. The minimum Gasteiger partial charge on any atom is -0.493 e. The number of nitrogens with zero attached hydrogens (tertiary/aromatic N) is 3. The standard InChI is InChI=1S/C14H15N3O5/c1-9-14(17(19)20)10(2)16(15-9)8-22-12-5-4-11(7-18)6-13(12)21-3/h4-7H,8H2,1-3H3. The van der Waals surface area contributed by atoms with E-state index < -0.39 is 4.92 Å². The molecule has 0 fully saturated rings. The first kappa shape index (κ1) is 15.5. The summed E-state index contributed by atoms with van der Waals surface area (Å²) in [6.45, 7) is 3.17. The molecule has 8 nitrogen and oxygen atoms in total. The van der Waals surface area contributed by atoms with E-state index in [9.17, 15) is 14.9 Å². The Morgan fingerprint density at radius 1 is 1.36 bits per heavy atom. The third-order valence-electron chi connectivity index (χ3n) is 3.19. The van der Waals surface area contributed by atoms with Crippen molar-refractivity contribution in [1.82, 2.24) is 9.78 Å². The molecule has 0 aliphatic rings. The Bertz CT molecular complexity index is 724. The number of carbonyl (C=O) groups is 1. The molecule has 0 saturated carbocycles. The van der Waals surface area contributed by atoms with Gasteiger partial charge in [0.05, 0.1) is 12.0 Å². The van der Waals surface area contributed by atoms with Crippen LogP contribution in [0.3, 0.4) is 0 Å². The first-order valence-corrected chi connectivity index (χ1v) is 6.42. The zero-order valence-corrected chi connectivity index (χ0v) is 12.4. The van der Waals surface area contributed by atoms with Crippen molar-refractivity contribution in [2.75, 3.05) is 7.11 Å². The summed E-state index contributed by atoms with van der Waals surface area (Å²) in [5.41, 5.74) is 1.18. The maximum absolute atomic E-state index is 11.0.